The van der Waals surface area contributed by atoms with Crippen molar-refractivity contribution in [1.29, 1.82) is 0 Å². The van der Waals surface area contributed by atoms with Gasteiger partial charge in [0, 0.05) is 0 Å². The van der Waals surface area contributed by atoms with E-state index in [0.29, 0.717) is 16.7 Å². The third-order valence-corrected chi connectivity index (χ3v) is 6.91. The quantitative estimate of drug-likeness (QED) is 0.299. The smallest absolute Gasteiger partial charge is 0.335 e. The molecule has 0 aliphatic heterocycles. The number of aromatic carboxylic acids is 1. The predicted molar refractivity (Wildman–Crippen MR) is 128 cm³/mol. The first-order valence-corrected chi connectivity index (χ1v) is 12.5. The van der Waals surface area contributed by atoms with E-state index in [1.165, 1.54) is 0 Å². The van der Waals surface area contributed by atoms with Crippen LogP contribution in [0.5, 0.6) is 5.75 Å². The molecule has 3 rings (SSSR count). The van der Waals surface area contributed by atoms with E-state index in [0.717, 1.165) is 5.39 Å². The maximum absolute atomic E-state index is 13.9. The van der Waals surface area contributed by atoms with Crippen LogP contribution in [0, 0.1) is 5.92 Å². The second kappa shape index (κ2) is 10.6. The molecule has 0 saturated heterocycles. The van der Waals surface area contributed by atoms with Crippen LogP contribution in [0.15, 0.2) is 66.7 Å². The molecular weight excluding hydrogens is 441 g/mol. The van der Waals surface area contributed by atoms with Crippen molar-refractivity contribution in [1.82, 2.24) is 5.09 Å². The Morgan fingerprint density at radius 3 is 2.33 bits per heavy atom. The average Bonchev–Trinajstić information content (AvgIpc) is 2.77. The summed E-state index contributed by atoms with van der Waals surface area (Å²) in [4.78, 5) is 23.7. The van der Waals surface area contributed by atoms with Gasteiger partial charge in [-0.05, 0) is 53.4 Å². The van der Waals surface area contributed by atoms with E-state index in [-0.39, 0.29) is 24.3 Å². The number of carbonyl (C=O) groups is 2. The van der Waals surface area contributed by atoms with Crippen LogP contribution in [-0.4, -0.2) is 29.7 Å². The summed E-state index contributed by atoms with van der Waals surface area (Å²) in [5.41, 5.74) is 0.850. The summed E-state index contributed by atoms with van der Waals surface area (Å²) < 4.78 is 25.0. The number of carboxylic acids is 1. The number of para-hydroxylation sites is 1. The second-order valence-corrected chi connectivity index (χ2v) is 10.4. The monoisotopic (exact) mass is 469 g/mol. The highest BCUT2D eigenvalue weighted by molar-refractivity contribution is 7.56. The van der Waals surface area contributed by atoms with Crippen molar-refractivity contribution in [3.8, 4) is 5.75 Å². The molecule has 8 heteroatoms. The van der Waals surface area contributed by atoms with Gasteiger partial charge in [-0.1, -0.05) is 56.3 Å². The summed E-state index contributed by atoms with van der Waals surface area (Å²) in [6, 6.07) is 18.2. The number of esters is 1. The lowest BCUT2D eigenvalue weighted by Crippen LogP contribution is -2.35. The lowest BCUT2D eigenvalue weighted by molar-refractivity contribution is -0.146. The van der Waals surface area contributed by atoms with Gasteiger partial charge in [-0.25, -0.2) is 9.88 Å². The number of benzene rings is 3. The molecule has 33 heavy (non-hydrogen) atoms. The summed E-state index contributed by atoms with van der Waals surface area (Å²) in [6.45, 7) is 5.73. The molecule has 0 amide bonds. The lowest BCUT2D eigenvalue weighted by Gasteiger charge is -2.24. The second-order valence-electron chi connectivity index (χ2n) is 8.31. The highest BCUT2D eigenvalue weighted by atomic mass is 31.2. The summed E-state index contributed by atoms with van der Waals surface area (Å²) >= 11 is 0. The van der Waals surface area contributed by atoms with Crippen LogP contribution in [0.25, 0.3) is 10.8 Å². The Bertz CT molecular complexity index is 1180. The number of hydrogen-bond donors (Lipinski definition) is 2. The first kappa shape index (κ1) is 24.5. The summed E-state index contributed by atoms with van der Waals surface area (Å²) in [7, 11) is -3.60. The SMILES string of the molecule is CC(C)COC(=O)[C@H](C)NP(=O)(Cc1ccc2ccc(C(=O)O)cc2c1)Oc1ccccc1. The summed E-state index contributed by atoms with van der Waals surface area (Å²) in [6.07, 6.45) is -0.00304. The van der Waals surface area contributed by atoms with Crippen molar-refractivity contribution in [3.05, 3.63) is 77.9 Å². The van der Waals surface area contributed by atoms with Gasteiger partial charge in [0.05, 0.1) is 18.3 Å². The fourth-order valence-corrected chi connectivity index (χ4v) is 5.29. The number of ether oxygens (including phenoxy) is 1. The number of hydrogen-bond acceptors (Lipinski definition) is 5. The zero-order valence-electron chi connectivity index (χ0n) is 18.9. The van der Waals surface area contributed by atoms with Gasteiger partial charge in [-0.2, -0.15) is 0 Å². The van der Waals surface area contributed by atoms with Gasteiger partial charge in [0.15, 0.2) is 0 Å². The lowest BCUT2D eigenvalue weighted by atomic mass is 10.0. The Hall–Kier alpha value is -3.15. The van der Waals surface area contributed by atoms with Crippen LogP contribution in [0.4, 0.5) is 0 Å². The Morgan fingerprint density at radius 1 is 0.970 bits per heavy atom. The maximum atomic E-state index is 13.9. The van der Waals surface area contributed by atoms with Crippen molar-refractivity contribution < 1.29 is 28.5 Å². The number of carboxylic acid groups (broad SMARTS) is 1. The van der Waals surface area contributed by atoms with Crippen LogP contribution >= 0.6 is 7.52 Å². The van der Waals surface area contributed by atoms with Crippen molar-refractivity contribution >= 4 is 30.2 Å². The maximum Gasteiger partial charge on any atom is 0.335 e. The fourth-order valence-electron chi connectivity index (χ4n) is 3.25. The van der Waals surface area contributed by atoms with E-state index >= 15 is 0 Å². The predicted octanol–water partition coefficient (Wildman–Crippen LogP) is 5.49. The highest BCUT2D eigenvalue weighted by Crippen LogP contribution is 2.47. The third kappa shape index (κ3) is 6.91. The Balaban J connectivity index is 1.88. The van der Waals surface area contributed by atoms with Gasteiger partial charge in [0.25, 0.3) is 0 Å². The molecule has 0 heterocycles. The minimum atomic E-state index is -3.60. The fraction of sp³-hybridized carbons (Fsp3) is 0.280. The van der Waals surface area contributed by atoms with Gasteiger partial charge < -0.3 is 14.4 Å². The minimum absolute atomic E-state index is 0.00304. The minimum Gasteiger partial charge on any atom is -0.478 e. The van der Waals surface area contributed by atoms with Crippen molar-refractivity contribution in [2.24, 2.45) is 5.92 Å². The van der Waals surface area contributed by atoms with Gasteiger partial charge >= 0.3 is 19.5 Å². The van der Waals surface area contributed by atoms with Crippen LogP contribution < -0.4 is 9.61 Å². The van der Waals surface area contributed by atoms with E-state index in [1.807, 2.05) is 32.0 Å². The molecule has 3 aromatic carbocycles. The molecule has 0 fully saturated rings. The molecule has 0 saturated carbocycles. The van der Waals surface area contributed by atoms with Crippen LogP contribution in [0.3, 0.4) is 0 Å². The van der Waals surface area contributed by atoms with Gasteiger partial charge in [0.2, 0.25) is 0 Å². The average molecular weight is 469 g/mol. The number of carbonyl (C=O) groups excluding carboxylic acids is 1. The molecule has 0 radical (unpaired) electrons. The standard InChI is InChI=1S/C25H28NO6P/c1-17(2)15-31-25(29)18(3)26-33(30,32-23-7-5-4-6-8-23)16-19-9-10-20-11-12-21(24(27)28)14-22(20)13-19/h4-14,17-18H,15-16H2,1-3H3,(H,26,30)(H,27,28)/t18-,33?/m0/s1. The van der Waals surface area contributed by atoms with Crippen molar-refractivity contribution in [2.45, 2.75) is 33.0 Å². The molecule has 7 nitrogen and oxygen atoms in total. The van der Waals surface area contributed by atoms with E-state index in [1.54, 1.807) is 55.5 Å². The van der Waals surface area contributed by atoms with Crippen molar-refractivity contribution in [2.75, 3.05) is 6.61 Å². The number of nitrogens with one attached hydrogen (secondary N) is 1. The topological polar surface area (TPSA) is 102 Å². The van der Waals surface area contributed by atoms with E-state index in [4.69, 9.17) is 9.26 Å². The Morgan fingerprint density at radius 2 is 1.67 bits per heavy atom. The van der Waals surface area contributed by atoms with Crippen LogP contribution in [-0.2, 0) is 20.3 Å². The van der Waals surface area contributed by atoms with E-state index in [2.05, 4.69) is 5.09 Å². The zero-order valence-corrected chi connectivity index (χ0v) is 19.7. The van der Waals surface area contributed by atoms with Gasteiger partial charge in [-0.15, -0.1) is 0 Å². The molecule has 3 aromatic rings. The van der Waals surface area contributed by atoms with Crippen LogP contribution in [0.1, 0.15) is 36.7 Å². The Kier molecular flexibility index (Phi) is 7.90. The molecule has 0 aromatic heterocycles. The van der Waals surface area contributed by atoms with Gasteiger partial charge in [0.1, 0.15) is 11.8 Å². The molecule has 2 N–H and O–H groups in total. The largest absolute Gasteiger partial charge is 0.478 e. The van der Waals surface area contributed by atoms with E-state index in [9.17, 15) is 19.3 Å². The first-order chi connectivity index (χ1) is 15.6. The summed E-state index contributed by atoms with van der Waals surface area (Å²) in [5, 5.41) is 13.7. The van der Waals surface area contributed by atoms with Crippen molar-refractivity contribution in [3.63, 3.8) is 0 Å². The third-order valence-electron chi connectivity index (χ3n) is 4.84. The Labute approximate surface area is 193 Å². The molecular formula is C25H28NO6P. The molecule has 2 atom stereocenters. The first-order valence-electron chi connectivity index (χ1n) is 10.7. The molecule has 1 unspecified atom stereocenters. The number of fused-ring (bicyclic) bond motifs is 1. The number of rotatable bonds is 10. The molecule has 0 spiro atoms. The zero-order chi connectivity index (χ0) is 24.0. The van der Waals surface area contributed by atoms with Crippen LogP contribution in [0.2, 0.25) is 0 Å². The molecule has 0 aliphatic carbocycles. The van der Waals surface area contributed by atoms with E-state index < -0.39 is 25.5 Å². The molecule has 0 bridgehead atoms. The van der Waals surface area contributed by atoms with Gasteiger partial charge in [-0.3, -0.25) is 9.36 Å². The highest BCUT2D eigenvalue weighted by Gasteiger charge is 2.31. The summed E-state index contributed by atoms with van der Waals surface area (Å²) in [5.74, 6) is -0.937. The molecule has 174 valence electrons. The molecule has 0 aliphatic rings. The normalized spacial score (nSPS) is 13.9.